The van der Waals surface area contributed by atoms with Crippen molar-refractivity contribution in [2.45, 2.75) is 30.1 Å². The molecule has 9 heteroatoms. The van der Waals surface area contributed by atoms with Crippen LogP contribution in [-0.4, -0.2) is 24.3 Å². The number of anilines is 1. The Morgan fingerprint density at radius 3 is 2.70 bits per heavy atom. The lowest BCUT2D eigenvalue weighted by atomic mass is 10.1. The van der Waals surface area contributed by atoms with Crippen molar-refractivity contribution in [2.75, 3.05) is 5.32 Å². The van der Waals surface area contributed by atoms with E-state index in [0.717, 1.165) is 18.7 Å². The minimum absolute atomic E-state index is 0.0658. The molecule has 7 nitrogen and oxygen atoms in total. The lowest BCUT2D eigenvalue weighted by Gasteiger charge is -2.08. The second-order valence-electron chi connectivity index (χ2n) is 6.63. The number of carbonyl (C=O) groups excluding carboxylic acids is 1. The zero-order valence-electron chi connectivity index (χ0n) is 14.2. The van der Waals surface area contributed by atoms with Crippen molar-refractivity contribution in [1.82, 2.24) is 9.97 Å². The SMILES string of the molecule is NS(=O)(=O)c1cc(NC(=O)Cc2ccccc2Cl)cc2nc(C3CC3)[nH]c12. The van der Waals surface area contributed by atoms with Gasteiger partial charge in [0.25, 0.3) is 0 Å². The van der Waals surface area contributed by atoms with Crippen LogP contribution in [0.25, 0.3) is 11.0 Å². The summed E-state index contributed by atoms with van der Waals surface area (Å²) >= 11 is 6.08. The maximum Gasteiger partial charge on any atom is 0.240 e. The number of fused-ring (bicyclic) bond motifs is 1. The molecule has 4 N–H and O–H groups in total. The zero-order valence-corrected chi connectivity index (χ0v) is 15.8. The predicted octanol–water partition coefficient (Wildman–Crippen LogP) is 2.92. The third-order valence-electron chi connectivity index (χ3n) is 4.44. The number of sulfonamides is 1. The van der Waals surface area contributed by atoms with E-state index in [4.69, 9.17) is 16.7 Å². The van der Waals surface area contributed by atoms with Crippen LogP contribution in [0.1, 0.15) is 30.1 Å². The Labute approximate surface area is 161 Å². The molecule has 0 radical (unpaired) electrons. The molecule has 2 aromatic carbocycles. The third kappa shape index (κ3) is 3.83. The lowest BCUT2D eigenvalue weighted by Crippen LogP contribution is -2.17. The molecule has 1 saturated carbocycles. The molecule has 0 spiro atoms. The molecule has 0 aliphatic heterocycles. The largest absolute Gasteiger partial charge is 0.341 e. The van der Waals surface area contributed by atoms with Crippen molar-refractivity contribution < 1.29 is 13.2 Å². The van der Waals surface area contributed by atoms with Crippen molar-refractivity contribution >= 4 is 44.3 Å². The van der Waals surface area contributed by atoms with Gasteiger partial charge < -0.3 is 10.3 Å². The van der Waals surface area contributed by atoms with E-state index in [1.54, 1.807) is 30.3 Å². The van der Waals surface area contributed by atoms with E-state index in [9.17, 15) is 13.2 Å². The van der Waals surface area contributed by atoms with Gasteiger partial charge in [0.15, 0.2) is 0 Å². The first kappa shape index (κ1) is 18.0. The Morgan fingerprint density at radius 2 is 2.04 bits per heavy atom. The molecule has 1 amide bonds. The maximum atomic E-state index is 12.4. The van der Waals surface area contributed by atoms with Gasteiger partial charge in [-0.3, -0.25) is 4.79 Å². The maximum absolute atomic E-state index is 12.4. The fraction of sp³-hybridized carbons (Fsp3) is 0.222. The molecular weight excluding hydrogens is 388 g/mol. The molecular formula is C18H17ClN4O3S. The first-order valence-electron chi connectivity index (χ1n) is 8.41. The summed E-state index contributed by atoms with van der Waals surface area (Å²) in [5, 5.41) is 8.56. The average molecular weight is 405 g/mol. The first-order valence-corrected chi connectivity index (χ1v) is 10.3. The predicted molar refractivity (Wildman–Crippen MR) is 103 cm³/mol. The van der Waals surface area contributed by atoms with Gasteiger partial charge in [-0.25, -0.2) is 18.5 Å². The summed E-state index contributed by atoms with van der Waals surface area (Å²) in [7, 11) is -3.99. The highest BCUT2D eigenvalue weighted by molar-refractivity contribution is 7.89. The van der Waals surface area contributed by atoms with Crippen LogP contribution in [0.15, 0.2) is 41.3 Å². The summed E-state index contributed by atoms with van der Waals surface area (Å²) in [6, 6.07) is 10.0. The number of rotatable bonds is 5. The van der Waals surface area contributed by atoms with E-state index in [-0.39, 0.29) is 17.2 Å². The number of nitrogens with two attached hydrogens (primary N) is 1. The molecule has 0 atom stereocenters. The number of hydrogen-bond donors (Lipinski definition) is 3. The molecule has 1 fully saturated rings. The van der Waals surface area contributed by atoms with Gasteiger partial charge in [-0.1, -0.05) is 29.8 Å². The topological polar surface area (TPSA) is 118 Å². The van der Waals surface area contributed by atoms with Crippen molar-refractivity contribution in [3.05, 3.63) is 52.8 Å². The highest BCUT2D eigenvalue weighted by Crippen LogP contribution is 2.40. The number of carbonyl (C=O) groups is 1. The molecule has 0 unspecified atom stereocenters. The lowest BCUT2D eigenvalue weighted by molar-refractivity contribution is -0.115. The number of halogens is 1. The van der Waals surface area contributed by atoms with E-state index in [1.165, 1.54) is 6.07 Å². The van der Waals surface area contributed by atoms with Crippen LogP contribution in [0.4, 0.5) is 5.69 Å². The summed E-state index contributed by atoms with van der Waals surface area (Å²) in [5.74, 6) is 0.749. The molecule has 27 heavy (non-hydrogen) atoms. The summed E-state index contributed by atoms with van der Waals surface area (Å²) in [6.07, 6.45) is 2.11. The number of benzene rings is 2. The van der Waals surface area contributed by atoms with Crippen LogP contribution in [-0.2, 0) is 21.2 Å². The number of nitrogens with zero attached hydrogens (tertiary/aromatic N) is 1. The molecule has 3 aromatic rings. The fourth-order valence-electron chi connectivity index (χ4n) is 2.97. The van der Waals surface area contributed by atoms with Gasteiger partial charge in [-0.15, -0.1) is 0 Å². The smallest absolute Gasteiger partial charge is 0.240 e. The van der Waals surface area contributed by atoms with Gasteiger partial charge in [0.2, 0.25) is 15.9 Å². The van der Waals surface area contributed by atoms with Crippen molar-refractivity contribution in [1.29, 1.82) is 0 Å². The monoisotopic (exact) mass is 404 g/mol. The van der Waals surface area contributed by atoms with E-state index in [0.29, 0.717) is 33.2 Å². The summed E-state index contributed by atoms with van der Waals surface area (Å²) in [6.45, 7) is 0. The quantitative estimate of drug-likeness (QED) is 0.605. The molecule has 0 saturated heterocycles. The van der Waals surface area contributed by atoms with Gasteiger partial charge in [-0.05, 0) is 36.6 Å². The highest BCUT2D eigenvalue weighted by atomic mass is 35.5. The standard InChI is InChI=1S/C18H17ClN4O3S/c19-13-4-2-1-3-11(13)7-16(24)21-12-8-14-17(15(9-12)27(20,25)26)23-18(22-14)10-5-6-10/h1-4,8-10H,5-7H2,(H,21,24)(H,22,23)(H2,20,25,26). The van der Waals surface area contributed by atoms with E-state index in [1.807, 2.05) is 0 Å². The van der Waals surface area contributed by atoms with Crippen molar-refractivity contribution in [3.63, 3.8) is 0 Å². The minimum atomic E-state index is -3.99. The van der Waals surface area contributed by atoms with Crippen molar-refractivity contribution in [2.24, 2.45) is 5.14 Å². The number of imidazole rings is 1. The molecule has 140 valence electrons. The number of hydrogen-bond acceptors (Lipinski definition) is 4. The molecule has 1 aliphatic carbocycles. The van der Waals surface area contributed by atoms with Crippen LogP contribution in [0.2, 0.25) is 5.02 Å². The first-order chi connectivity index (χ1) is 12.8. The van der Waals surface area contributed by atoms with Crippen LogP contribution < -0.4 is 10.5 Å². The minimum Gasteiger partial charge on any atom is -0.341 e. The average Bonchev–Trinajstić information content (AvgIpc) is 3.35. The summed E-state index contributed by atoms with van der Waals surface area (Å²) in [5.41, 5.74) is 1.82. The van der Waals surface area contributed by atoms with E-state index < -0.39 is 10.0 Å². The Balaban J connectivity index is 1.67. The Morgan fingerprint density at radius 1 is 1.30 bits per heavy atom. The molecule has 0 bridgehead atoms. The Hall–Kier alpha value is -2.42. The number of nitrogens with one attached hydrogen (secondary N) is 2. The second kappa shape index (κ2) is 6.63. The van der Waals surface area contributed by atoms with Crippen LogP contribution in [0.3, 0.4) is 0 Å². The van der Waals surface area contributed by atoms with Crippen LogP contribution in [0, 0.1) is 0 Å². The number of H-pyrrole nitrogens is 1. The molecule has 1 aliphatic rings. The molecule has 4 rings (SSSR count). The van der Waals surface area contributed by atoms with E-state index in [2.05, 4.69) is 15.3 Å². The van der Waals surface area contributed by atoms with Gasteiger partial charge >= 0.3 is 0 Å². The van der Waals surface area contributed by atoms with Gasteiger partial charge in [-0.2, -0.15) is 0 Å². The van der Waals surface area contributed by atoms with Crippen molar-refractivity contribution in [3.8, 4) is 0 Å². The second-order valence-corrected chi connectivity index (χ2v) is 8.56. The summed E-state index contributed by atoms with van der Waals surface area (Å²) in [4.78, 5) is 19.8. The fourth-order valence-corrected chi connectivity index (χ4v) is 3.90. The number of primary sulfonamides is 1. The molecule has 1 aromatic heterocycles. The van der Waals surface area contributed by atoms with Gasteiger partial charge in [0.05, 0.1) is 17.5 Å². The van der Waals surface area contributed by atoms with E-state index >= 15 is 0 Å². The normalized spacial score (nSPS) is 14.4. The van der Waals surface area contributed by atoms with Crippen LogP contribution in [0.5, 0.6) is 0 Å². The van der Waals surface area contributed by atoms with Gasteiger partial charge in [0, 0.05) is 16.6 Å². The Kier molecular flexibility index (Phi) is 4.41. The zero-order chi connectivity index (χ0) is 19.2. The Bertz CT molecular complexity index is 1150. The third-order valence-corrected chi connectivity index (χ3v) is 5.74. The summed E-state index contributed by atoms with van der Waals surface area (Å²) < 4.78 is 24.0. The van der Waals surface area contributed by atoms with Crippen LogP contribution >= 0.6 is 11.6 Å². The molecule has 1 heterocycles. The van der Waals surface area contributed by atoms with Gasteiger partial charge in [0.1, 0.15) is 10.7 Å². The number of aromatic amines is 1. The number of aromatic nitrogens is 2. The highest BCUT2D eigenvalue weighted by Gasteiger charge is 2.28. The number of amides is 1.